The summed E-state index contributed by atoms with van der Waals surface area (Å²) in [4.78, 5) is 17.2. The predicted octanol–water partition coefficient (Wildman–Crippen LogP) is 0.480. The summed E-state index contributed by atoms with van der Waals surface area (Å²) in [6.07, 6.45) is 2.25. The summed E-state index contributed by atoms with van der Waals surface area (Å²) in [5.41, 5.74) is 0.568. The smallest absolute Gasteiger partial charge is 0.153 e. The number of aliphatic hydroxyl groups excluding tert-OH is 1. The van der Waals surface area contributed by atoms with E-state index in [4.69, 9.17) is 9.84 Å². The third-order valence-electron chi connectivity index (χ3n) is 2.93. The molecule has 1 aromatic heterocycles. The molecule has 1 aliphatic heterocycles. The summed E-state index contributed by atoms with van der Waals surface area (Å²) in [7, 11) is 0. The summed E-state index contributed by atoms with van der Waals surface area (Å²) in [5, 5.41) is 9.13. The maximum absolute atomic E-state index is 11.0. The number of anilines is 1. The first-order chi connectivity index (χ1) is 8.26. The van der Waals surface area contributed by atoms with E-state index in [2.05, 4.69) is 4.98 Å². The van der Waals surface area contributed by atoms with Gasteiger partial charge in [0.1, 0.15) is 5.82 Å². The maximum Gasteiger partial charge on any atom is 0.153 e. The average Bonchev–Trinajstić information content (AvgIpc) is 2.39. The van der Waals surface area contributed by atoms with Crippen LogP contribution in [0.2, 0.25) is 0 Å². The number of hydrogen-bond acceptors (Lipinski definition) is 5. The van der Waals surface area contributed by atoms with Crippen molar-refractivity contribution in [2.24, 2.45) is 0 Å². The third-order valence-corrected chi connectivity index (χ3v) is 2.93. The molecular formula is C12H16N2O3. The summed E-state index contributed by atoms with van der Waals surface area (Å²) >= 11 is 0. The van der Waals surface area contributed by atoms with Crippen LogP contribution in [0.5, 0.6) is 0 Å². The molecule has 1 N–H and O–H groups in total. The highest BCUT2D eigenvalue weighted by Crippen LogP contribution is 2.22. The number of aliphatic hydroxyl groups is 1. The molecule has 5 nitrogen and oxygen atoms in total. The molecule has 2 atom stereocenters. The van der Waals surface area contributed by atoms with Crippen molar-refractivity contribution in [3.8, 4) is 0 Å². The van der Waals surface area contributed by atoms with Gasteiger partial charge in [0, 0.05) is 12.7 Å². The van der Waals surface area contributed by atoms with Crippen molar-refractivity contribution < 1.29 is 14.6 Å². The van der Waals surface area contributed by atoms with Crippen molar-refractivity contribution in [3.63, 3.8) is 0 Å². The molecule has 1 aliphatic rings. The molecule has 0 aromatic carbocycles. The van der Waals surface area contributed by atoms with E-state index in [9.17, 15) is 4.79 Å². The van der Waals surface area contributed by atoms with Crippen molar-refractivity contribution >= 4 is 12.1 Å². The second-order valence-corrected chi connectivity index (χ2v) is 4.17. The highest BCUT2D eigenvalue weighted by atomic mass is 16.5. The highest BCUT2D eigenvalue weighted by Gasteiger charge is 2.27. The van der Waals surface area contributed by atoms with Crippen LogP contribution in [0.25, 0.3) is 0 Å². The second kappa shape index (κ2) is 5.25. The zero-order valence-corrected chi connectivity index (χ0v) is 9.74. The number of morpholine rings is 1. The van der Waals surface area contributed by atoms with Gasteiger partial charge in [-0.15, -0.1) is 0 Å². The SMILES string of the molecule is CC1COC(CO)CN1c1ncccc1C=O. The Kier molecular flexibility index (Phi) is 3.71. The fraction of sp³-hybridized carbons (Fsp3) is 0.500. The average molecular weight is 236 g/mol. The van der Waals surface area contributed by atoms with E-state index in [-0.39, 0.29) is 18.8 Å². The van der Waals surface area contributed by atoms with Crippen LogP contribution in [0, 0.1) is 0 Å². The van der Waals surface area contributed by atoms with Crippen LogP contribution in [0.15, 0.2) is 18.3 Å². The fourth-order valence-electron chi connectivity index (χ4n) is 1.96. The largest absolute Gasteiger partial charge is 0.394 e. The van der Waals surface area contributed by atoms with Crippen LogP contribution < -0.4 is 4.90 Å². The molecule has 2 unspecified atom stereocenters. The van der Waals surface area contributed by atoms with Crippen LogP contribution in [-0.2, 0) is 4.74 Å². The second-order valence-electron chi connectivity index (χ2n) is 4.17. The highest BCUT2D eigenvalue weighted by molar-refractivity contribution is 5.82. The maximum atomic E-state index is 11.0. The van der Waals surface area contributed by atoms with Gasteiger partial charge in [0.2, 0.25) is 0 Å². The van der Waals surface area contributed by atoms with E-state index in [0.29, 0.717) is 24.5 Å². The Hall–Kier alpha value is -1.46. The van der Waals surface area contributed by atoms with Crippen LogP contribution in [0.3, 0.4) is 0 Å². The Morgan fingerprint density at radius 3 is 3.24 bits per heavy atom. The Bertz CT molecular complexity index is 397. The van der Waals surface area contributed by atoms with E-state index in [1.807, 2.05) is 11.8 Å². The number of pyridine rings is 1. The molecule has 0 radical (unpaired) electrons. The molecule has 5 heteroatoms. The quantitative estimate of drug-likeness (QED) is 0.773. The van der Waals surface area contributed by atoms with Crippen LogP contribution >= 0.6 is 0 Å². The summed E-state index contributed by atoms with van der Waals surface area (Å²) in [6.45, 7) is 3.07. The molecule has 0 aliphatic carbocycles. The number of aromatic nitrogens is 1. The Morgan fingerprint density at radius 1 is 1.71 bits per heavy atom. The zero-order valence-electron chi connectivity index (χ0n) is 9.74. The van der Waals surface area contributed by atoms with Gasteiger partial charge in [-0.05, 0) is 19.1 Å². The lowest BCUT2D eigenvalue weighted by molar-refractivity contribution is -0.0106. The predicted molar refractivity (Wildman–Crippen MR) is 63.3 cm³/mol. The lowest BCUT2D eigenvalue weighted by Crippen LogP contribution is -2.50. The first-order valence-electron chi connectivity index (χ1n) is 5.65. The van der Waals surface area contributed by atoms with Gasteiger partial charge in [0.05, 0.1) is 30.9 Å². The molecule has 0 saturated carbocycles. The van der Waals surface area contributed by atoms with Crippen LogP contribution in [-0.4, -0.2) is 48.3 Å². The summed E-state index contributed by atoms with van der Waals surface area (Å²) in [6, 6.07) is 3.62. The van der Waals surface area contributed by atoms with Gasteiger partial charge in [0.15, 0.2) is 6.29 Å². The number of aldehydes is 1. The van der Waals surface area contributed by atoms with E-state index in [1.54, 1.807) is 18.3 Å². The van der Waals surface area contributed by atoms with Crippen molar-refractivity contribution in [2.45, 2.75) is 19.1 Å². The number of nitrogens with zero attached hydrogens (tertiary/aromatic N) is 2. The van der Waals surface area contributed by atoms with Gasteiger partial charge < -0.3 is 14.7 Å². The molecule has 1 aromatic rings. The number of carbonyl (C=O) groups is 1. The summed E-state index contributed by atoms with van der Waals surface area (Å²) in [5.74, 6) is 0.664. The molecule has 2 rings (SSSR count). The van der Waals surface area contributed by atoms with Gasteiger partial charge in [-0.2, -0.15) is 0 Å². The minimum atomic E-state index is -0.215. The van der Waals surface area contributed by atoms with E-state index in [1.165, 1.54) is 0 Å². The van der Waals surface area contributed by atoms with Crippen LogP contribution in [0.4, 0.5) is 5.82 Å². The van der Waals surface area contributed by atoms with Crippen molar-refractivity contribution in [3.05, 3.63) is 23.9 Å². The van der Waals surface area contributed by atoms with Crippen molar-refractivity contribution in [2.75, 3.05) is 24.7 Å². The Labute approximate surface area is 100 Å². The minimum Gasteiger partial charge on any atom is -0.394 e. The molecule has 92 valence electrons. The monoisotopic (exact) mass is 236 g/mol. The van der Waals surface area contributed by atoms with E-state index in [0.717, 1.165) is 6.29 Å². The van der Waals surface area contributed by atoms with Crippen LogP contribution in [0.1, 0.15) is 17.3 Å². The molecule has 0 bridgehead atoms. The lowest BCUT2D eigenvalue weighted by atomic mass is 10.1. The zero-order chi connectivity index (χ0) is 12.3. The standard InChI is InChI=1S/C12H16N2O3/c1-9-8-17-11(7-16)5-14(9)12-10(6-15)3-2-4-13-12/h2-4,6,9,11,16H,5,7-8H2,1H3. The van der Waals surface area contributed by atoms with Gasteiger partial charge in [0.25, 0.3) is 0 Å². The first kappa shape index (κ1) is 12.0. The molecule has 1 saturated heterocycles. The lowest BCUT2D eigenvalue weighted by Gasteiger charge is -2.38. The summed E-state index contributed by atoms with van der Waals surface area (Å²) < 4.78 is 5.46. The van der Waals surface area contributed by atoms with Gasteiger partial charge >= 0.3 is 0 Å². The minimum absolute atomic E-state index is 0.0214. The number of rotatable bonds is 3. The molecule has 0 amide bonds. The van der Waals surface area contributed by atoms with Crippen molar-refractivity contribution in [1.82, 2.24) is 4.98 Å². The Balaban J connectivity index is 2.27. The van der Waals surface area contributed by atoms with Gasteiger partial charge in [-0.1, -0.05) is 0 Å². The Morgan fingerprint density at radius 2 is 2.53 bits per heavy atom. The number of ether oxygens (including phenoxy) is 1. The van der Waals surface area contributed by atoms with Crippen molar-refractivity contribution in [1.29, 1.82) is 0 Å². The molecule has 17 heavy (non-hydrogen) atoms. The third kappa shape index (κ3) is 2.45. The molecule has 0 spiro atoms. The topological polar surface area (TPSA) is 62.7 Å². The molecular weight excluding hydrogens is 220 g/mol. The number of hydrogen-bond donors (Lipinski definition) is 1. The molecule has 1 fully saturated rings. The fourth-order valence-corrected chi connectivity index (χ4v) is 1.96. The number of carbonyl (C=O) groups excluding carboxylic acids is 1. The van der Waals surface area contributed by atoms with E-state index >= 15 is 0 Å². The normalized spacial score (nSPS) is 24.7. The van der Waals surface area contributed by atoms with E-state index < -0.39 is 0 Å². The van der Waals surface area contributed by atoms with Gasteiger partial charge in [-0.25, -0.2) is 4.98 Å². The first-order valence-corrected chi connectivity index (χ1v) is 5.65. The molecule has 2 heterocycles. The van der Waals surface area contributed by atoms with Gasteiger partial charge in [-0.3, -0.25) is 4.79 Å².